The van der Waals surface area contributed by atoms with Gasteiger partial charge in [0.2, 0.25) is 10.0 Å². The van der Waals surface area contributed by atoms with Crippen LogP contribution in [0.1, 0.15) is 24.5 Å². The van der Waals surface area contributed by atoms with E-state index < -0.39 is 10.0 Å². The third kappa shape index (κ3) is 5.32. The summed E-state index contributed by atoms with van der Waals surface area (Å²) < 4.78 is 25.6. The van der Waals surface area contributed by atoms with Crippen molar-refractivity contribution in [1.29, 1.82) is 0 Å². The molecule has 0 saturated carbocycles. The SMILES string of the molecule is CCCS(=O)(=O)NCc1cccc(C#CCN)c1. The summed E-state index contributed by atoms with van der Waals surface area (Å²) in [5.41, 5.74) is 7.03. The third-order valence-electron chi connectivity index (χ3n) is 2.23. The van der Waals surface area contributed by atoms with Crippen LogP contribution in [0.25, 0.3) is 0 Å². The molecule has 0 aliphatic carbocycles. The van der Waals surface area contributed by atoms with Gasteiger partial charge in [-0.15, -0.1) is 0 Å². The van der Waals surface area contributed by atoms with E-state index in [1.165, 1.54) is 0 Å². The molecule has 18 heavy (non-hydrogen) atoms. The van der Waals surface area contributed by atoms with Gasteiger partial charge in [-0.3, -0.25) is 0 Å². The van der Waals surface area contributed by atoms with Crippen molar-refractivity contribution in [2.75, 3.05) is 12.3 Å². The van der Waals surface area contributed by atoms with E-state index in [1.54, 1.807) is 0 Å². The summed E-state index contributed by atoms with van der Waals surface area (Å²) in [5.74, 6) is 5.83. The largest absolute Gasteiger partial charge is 0.320 e. The van der Waals surface area contributed by atoms with Crippen molar-refractivity contribution in [2.45, 2.75) is 19.9 Å². The molecule has 1 aromatic carbocycles. The van der Waals surface area contributed by atoms with E-state index in [0.717, 1.165) is 11.1 Å². The van der Waals surface area contributed by atoms with Crippen LogP contribution in [0.2, 0.25) is 0 Å². The molecule has 0 heterocycles. The number of hydrogen-bond donors (Lipinski definition) is 2. The van der Waals surface area contributed by atoms with E-state index in [-0.39, 0.29) is 5.75 Å². The second kappa shape index (κ2) is 7.17. The molecular weight excluding hydrogens is 248 g/mol. The number of sulfonamides is 1. The van der Waals surface area contributed by atoms with E-state index in [2.05, 4.69) is 16.6 Å². The van der Waals surface area contributed by atoms with Gasteiger partial charge in [0.25, 0.3) is 0 Å². The maximum atomic E-state index is 11.5. The first kappa shape index (κ1) is 14.7. The van der Waals surface area contributed by atoms with E-state index in [1.807, 2.05) is 31.2 Å². The van der Waals surface area contributed by atoms with E-state index in [9.17, 15) is 8.42 Å². The van der Waals surface area contributed by atoms with Gasteiger partial charge in [-0.25, -0.2) is 13.1 Å². The number of nitrogens with one attached hydrogen (secondary N) is 1. The lowest BCUT2D eigenvalue weighted by Gasteiger charge is -2.05. The van der Waals surface area contributed by atoms with Crippen LogP contribution in [0.3, 0.4) is 0 Å². The molecular formula is C13H18N2O2S. The van der Waals surface area contributed by atoms with Gasteiger partial charge < -0.3 is 5.73 Å². The molecule has 0 spiro atoms. The highest BCUT2D eigenvalue weighted by Crippen LogP contribution is 2.04. The van der Waals surface area contributed by atoms with Crippen molar-refractivity contribution < 1.29 is 8.42 Å². The lowest BCUT2D eigenvalue weighted by Crippen LogP contribution is -2.25. The topological polar surface area (TPSA) is 72.2 Å². The van der Waals surface area contributed by atoms with Crippen LogP contribution in [0, 0.1) is 11.8 Å². The Morgan fingerprint density at radius 2 is 2.17 bits per heavy atom. The Hall–Kier alpha value is -1.35. The first-order chi connectivity index (χ1) is 8.57. The predicted molar refractivity (Wildman–Crippen MR) is 73.3 cm³/mol. The molecule has 0 bridgehead atoms. The fraction of sp³-hybridized carbons (Fsp3) is 0.385. The standard InChI is InChI=1S/C13H18N2O2S/c1-2-9-18(16,17)15-11-13-6-3-5-12(10-13)7-4-8-14/h3,5-6,10,15H,2,8-9,11,14H2,1H3. The first-order valence-corrected chi connectivity index (χ1v) is 7.48. The molecule has 0 unspecified atom stereocenters. The Balaban J connectivity index is 2.68. The quantitative estimate of drug-likeness (QED) is 0.775. The van der Waals surface area contributed by atoms with Gasteiger partial charge in [-0.05, 0) is 24.1 Å². The molecule has 0 atom stereocenters. The fourth-order valence-corrected chi connectivity index (χ4v) is 2.51. The highest BCUT2D eigenvalue weighted by Gasteiger charge is 2.07. The van der Waals surface area contributed by atoms with Gasteiger partial charge in [-0.1, -0.05) is 30.9 Å². The zero-order valence-electron chi connectivity index (χ0n) is 10.4. The first-order valence-electron chi connectivity index (χ1n) is 5.82. The van der Waals surface area contributed by atoms with Crippen molar-refractivity contribution in [3.8, 4) is 11.8 Å². The van der Waals surface area contributed by atoms with Gasteiger partial charge in [-0.2, -0.15) is 0 Å². The van der Waals surface area contributed by atoms with Crippen molar-refractivity contribution in [2.24, 2.45) is 5.73 Å². The zero-order chi connectivity index (χ0) is 13.4. The Labute approximate surface area is 109 Å². The molecule has 0 aromatic heterocycles. The number of hydrogen-bond acceptors (Lipinski definition) is 3. The van der Waals surface area contributed by atoms with Gasteiger partial charge >= 0.3 is 0 Å². The molecule has 0 fully saturated rings. The summed E-state index contributed by atoms with van der Waals surface area (Å²) in [5, 5.41) is 0. The molecule has 4 nitrogen and oxygen atoms in total. The molecule has 0 aliphatic rings. The van der Waals surface area contributed by atoms with Crippen LogP contribution in [0.4, 0.5) is 0 Å². The Bertz CT molecular complexity index is 542. The Kier molecular flexibility index (Phi) is 5.86. The maximum Gasteiger partial charge on any atom is 0.211 e. The molecule has 1 rings (SSSR count). The molecule has 1 aromatic rings. The fourth-order valence-electron chi connectivity index (χ4n) is 1.45. The minimum absolute atomic E-state index is 0.152. The van der Waals surface area contributed by atoms with E-state index >= 15 is 0 Å². The Morgan fingerprint density at radius 3 is 2.83 bits per heavy atom. The molecule has 5 heteroatoms. The third-order valence-corrected chi connectivity index (χ3v) is 3.76. The average Bonchev–Trinajstić information content (AvgIpc) is 2.35. The number of rotatable bonds is 5. The highest BCUT2D eigenvalue weighted by atomic mass is 32.2. The van der Waals surface area contributed by atoms with Crippen molar-refractivity contribution in [3.05, 3.63) is 35.4 Å². The molecule has 3 N–H and O–H groups in total. The smallest absolute Gasteiger partial charge is 0.211 e. The van der Waals surface area contributed by atoms with Crippen LogP contribution in [0.5, 0.6) is 0 Å². The van der Waals surface area contributed by atoms with Crippen LogP contribution >= 0.6 is 0 Å². The number of benzene rings is 1. The lowest BCUT2D eigenvalue weighted by atomic mass is 10.1. The number of nitrogens with two attached hydrogens (primary N) is 1. The summed E-state index contributed by atoms with van der Waals surface area (Å²) in [6, 6.07) is 7.44. The lowest BCUT2D eigenvalue weighted by molar-refractivity contribution is 0.580. The summed E-state index contributed by atoms with van der Waals surface area (Å²) in [4.78, 5) is 0. The molecule has 0 saturated heterocycles. The van der Waals surface area contributed by atoms with Gasteiger partial charge in [0.05, 0.1) is 12.3 Å². The van der Waals surface area contributed by atoms with Crippen LogP contribution in [-0.4, -0.2) is 20.7 Å². The maximum absolute atomic E-state index is 11.5. The summed E-state index contributed by atoms with van der Waals surface area (Å²) >= 11 is 0. The monoisotopic (exact) mass is 266 g/mol. The summed E-state index contributed by atoms with van der Waals surface area (Å²) in [6.07, 6.45) is 0.608. The average molecular weight is 266 g/mol. The van der Waals surface area contributed by atoms with Crippen LogP contribution in [0.15, 0.2) is 24.3 Å². The van der Waals surface area contributed by atoms with E-state index in [4.69, 9.17) is 5.73 Å². The zero-order valence-corrected chi connectivity index (χ0v) is 11.3. The normalized spacial score (nSPS) is 10.8. The molecule has 98 valence electrons. The minimum Gasteiger partial charge on any atom is -0.320 e. The highest BCUT2D eigenvalue weighted by molar-refractivity contribution is 7.89. The second-order valence-corrected chi connectivity index (χ2v) is 5.77. The summed E-state index contributed by atoms with van der Waals surface area (Å²) in [6.45, 7) is 2.44. The molecule has 0 aliphatic heterocycles. The van der Waals surface area contributed by atoms with Crippen molar-refractivity contribution in [3.63, 3.8) is 0 Å². The predicted octanol–water partition coefficient (Wildman–Crippen LogP) is 0.826. The Morgan fingerprint density at radius 1 is 1.39 bits per heavy atom. The minimum atomic E-state index is -3.17. The second-order valence-electron chi connectivity index (χ2n) is 3.85. The molecule has 0 amide bonds. The van der Waals surface area contributed by atoms with Gasteiger partial charge in [0.1, 0.15) is 0 Å². The summed E-state index contributed by atoms with van der Waals surface area (Å²) in [7, 11) is -3.17. The van der Waals surface area contributed by atoms with Crippen molar-refractivity contribution in [1.82, 2.24) is 4.72 Å². The van der Waals surface area contributed by atoms with Gasteiger partial charge in [0.15, 0.2) is 0 Å². The van der Waals surface area contributed by atoms with E-state index in [0.29, 0.717) is 19.5 Å². The van der Waals surface area contributed by atoms with Crippen LogP contribution < -0.4 is 10.5 Å². The van der Waals surface area contributed by atoms with Crippen LogP contribution in [-0.2, 0) is 16.6 Å². The molecule has 0 radical (unpaired) electrons. The van der Waals surface area contributed by atoms with Crippen molar-refractivity contribution >= 4 is 10.0 Å². The van der Waals surface area contributed by atoms with Gasteiger partial charge in [0, 0.05) is 12.1 Å².